The van der Waals surface area contributed by atoms with Gasteiger partial charge in [0.05, 0.1) is 15.6 Å². The molecule has 2 aliphatic rings. The summed E-state index contributed by atoms with van der Waals surface area (Å²) in [6.45, 7) is 6.43. The van der Waals surface area contributed by atoms with E-state index in [-0.39, 0.29) is 22.8 Å². The predicted molar refractivity (Wildman–Crippen MR) is 185 cm³/mol. The molecule has 0 N–H and O–H groups in total. The molecule has 1 atom stereocenters. The van der Waals surface area contributed by atoms with E-state index in [1.165, 1.54) is 5.56 Å². The molecular formula is C38H47Cl2N3O2. The van der Waals surface area contributed by atoms with E-state index in [1.54, 1.807) is 0 Å². The second-order valence-corrected chi connectivity index (χ2v) is 13.8. The number of hydrogen-bond donors (Lipinski definition) is 0. The third kappa shape index (κ3) is 7.59. The normalized spacial score (nSPS) is 20.1. The van der Waals surface area contributed by atoms with Gasteiger partial charge in [0.1, 0.15) is 0 Å². The Bertz CT molecular complexity index is 1430. The van der Waals surface area contributed by atoms with Crippen molar-refractivity contribution in [1.29, 1.82) is 0 Å². The summed E-state index contributed by atoms with van der Waals surface area (Å²) in [7, 11) is 2.01. The number of carbonyl (C=O) groups excluding carboxylic acids is 2. The highest BCUT2D eigenvalue weighted by atomic mass is 35.5. The highest BCUT2D eigenvalue weighted by Gasteiger charge is 2.42. The molecule has 2 amide bonds. The van der Waals surface area contributed by atoms with Gasteiger partial charge in [-0.3, -0.25) is 9.59 Å². The minimum absolute atomic E-state index is 0.0885. The van der Waals surface area contributed by atoms with Gasteiger partial charge in [0, 0.05) is 50.6 Å². The Morgan fingerprint density at radius 1 is 0.822 bits per heavy atom. The number of likely N-dealkylation sites (tertiary alicyclic amines) is 2. The van der Waals surface area contributed by atoms with E-state index in [2.05, 4.69) is 53.1 Å². The zero-order valence-electron chi connectivity index (χ0n) is 26.8. The maximum absolute atomic E-state index is 13.5. The molecule has 2 saturated heterocycles. The molecular weight excluding hydrogens is 601 g/mol. The fourth-order valence-electron chi connectivity index (χ4n) is 7.57. The van der Waals surface area contributed by atoms with Crippen molar-refractivity contribution in [3.63, 3.8) is 0 Å². The van der Waals surface area contributed by atoms with Crippen molar-refractivity contribution in [2.24, 2.45) is 0 Å². The Kier molecular flexibility index (Phi) is 11.3. The standard InChI is InChI=1S/C38H47Cl2N3O2/c1-3-4-17-35(44)41(2)38(31-15-9-6-10-16-31)22-26-42(27-23-38)24-11-20-37(32-18-19-33(39)34(40)28-32)21-12-25-43(29-37)36(45)30-13-7-5-8-14-30/h5-10,13-16,18-19,28H,3-4,11-12,17,20-27,29H2,1-2H3. The van der Waals surface area contributed by atoms with Crippen LogP contribution in [-0.2, 0) is 15.7 Å². The summed E-state index contributed by atoms with van der Waals surface area (Å²) in [5.41, 5.74) is 2.67. The van der Waals surface area contributed by atoms with Crippen molar-refractivity contribution in [3.8, 4) is 0 Å². The molecule has 0 radical (unpaired) electrons. The van der Waals surface area contributed by atoms with E-state index in [9.17, 15) is 9.59 Å². The highest BCUT2D eigenvalue weighted by molar-refractivity contribution is 6.42. The fourth-order valence-corrected chi connectivity index (χ4v) is 7.86. The van der Waals surface area contributed by atoms with Crippen molar-refractivity contribution in [1.82, 2.24) is 14.7 Å². The van der Waals surface area contributed by atoms with E-state index < -0.39 is 0 Å². The molecule has 0 spiro atoms. The van der Waals surface area contributed by atoms with Gasteiger partial charge in [-0.15, -0.1) is 0 Å². The van der Waals surface area contributed by atoms with Gasteiger partial charge in [0.2, 0.25) is 5.91 Å². The van der Waals surface area contributed by atoms with Gasteiger partial charge >= 0.3 is 0 Å². The smallest absolute Gasteiger partial charge is 0.253 e. The summed E-state index contributed by atoms with van der Waals surface area (Å²) >= 11 is 12.9. The molecule has 5 nitrogen and oxygen atoms in total. The molecule has 1 unspecified atom stereocenters. The molecule has 5 rings (SSSR count). The summed E-state index contributed by atoms with van der Waals surface area (Å²) in [6, 6.07) is 26.2. The van der Waals surface area contributed by atoms with Gasteiger partial charge in [0.25, 0.3) is 5.91 Å². The van der Waals surface area contributed by atoms with E-state index in [1.807, 2.05) is 54.4 Å². The summed E-state index contributed by atoms with van der Waals surface area (Å²) in [6.07, 6.45) is 8.31. The monoisotopic (exact) mass is 647 g/mol. The van der Waals surface area contributed by atoms with Crippen LogP contribution < -0.4 is 0 Å². The van der Waals surface area contributed by atoms with Crippen LogP contribution in [0.15, 0.2) is 78.9 Å². The maximum Gasteiger partial charge on any atom is 0.253 e. The quantitative estimate of drug-likeness (QED) is 0.209. The largest absolute Gasteiger partial charge is 0.338 e. The van der Waals surface area contributed by atoms with Crippen LogP contribution >= 0.6 is 23.2 Å². The van der Waals surface area contributed by atoms with Crippen LogP contribution in [0.2, 0.25) is 10.0 Å². The number of carbonyl (C=O) groups is 2. The van der Waals surface area contributed by atoms with Crippen LogP contribution in [0.5, 0.6) is 0 Å². The Morgan fingerprint density at radius 2 is 1.51 bits per heavy atom. The van der Waals surface area contributed by atoms with Gasteiger partial charge in [-0.05, 0) is 86.9 Å². The average molecular weight is 649 g/mol. The number of piperidine rings is 2. The van der Waals surface area contributed by atoms with E-state index in [0.717, 1.165) is 88.7 Å². The van der Waals surface area contributed by atoms with Gasteiger partial charge in [-0.2, -0.15) is 0 Å². The summed E-state index contributed by atoms with van der Waals surface area (Å²) in [4.78, 5) is 33.4. The first kappa shape index (κ1) is 33.5. The minimum Gasteiger partial charge on any atom is -0.338 e. The molecule has 240 valence electrons. The molecule has 2 aliphatic heterocycles. The van der Waals surface area contributed by atoms with E-state index in [0.29, 0.717) is 23.0 Å². The maximum atomic E-state index is 13.5. The van der Waals surface area contributed by atoms with Crippen molar-refractivity contribution >= 4 is 35.0 Å². The fraction of sp³-hybridized carbons (Fsp3) is 0.474. The Labute approximate surface area is 279 Å². The molecule has 45 heavy (non-hydrogen) atoms. The first-order valence-electron chi connectivity index (χ1n) is 16.6. The molecule has 3 aromatic rings. The topological polar surface area (TPSA) is 43.9 Å². The van der Waals surface area contributed by atoms with Crippen molar-refractivity contribution < 1.29 is 9.59 Å². The number of hydrogen-bond acceptors (Lipinski definition) is 3. The molecule has 0 bridgehead atoms. The van der Waals surface area contributed by atoms with Crippen LogP contribution in [0.3, 0.4) is 0 Å². The second-order valence-electron chi connectivity index (χ2n) is 13.0. The van der Waals surface area contributed by atoms with Crippen LogP contribution in [0.25, 0.3) is 0 Å². The van der Waals surface area contributed by atoms with E-state index >= 15 is 0 Å². The van der Waals surface area contributed by atoms with Gasteiger partial charge in [-0.25, -0.2) is 0 Å². The predicted octanol–water partition coefficient (Wildman–Crippen LogP) is 8.59. The lowest BCUT2D eigenvalue weighted by Crippen LogP contribution is -2.54. The Hall–Kier alpha value is -2.86. The molecule has 2 fully saturated rings. The molecule has 2 heterocycles. The molecule has 3 aromatic carbocycles. The lowest BCUT2D eigenvalue weighted by atomic mass is 9.70. The summed E-state index contributed by atoms with van der Waals surface area (Å²) in [5.74, 6) is 0.329. The third-order valence-electron chi connectivity index (χ3n) is 10.3. The van der Waals surface area contributed by atoms with Gasteiger partial charge < -0.3 is 14.7 Å². The first-order chi connectivity index (χ1) is 21.8. The van der Waals surface area contributed by atoms with Gasteiger partial charge in [-0.1, -0.05) is 91.1 Å². The highest BCUT2D eigenvalue weighted by Crippen LogP contribution is 2.42. The van der Waals surface area contributed by atoms with Crippen molar-refractivity contribution in [3.05, 3.63) is 106 Å². The van der Waals surface area contributed by atoms with Crippen molar-refractivity contribution in [2.75, 3.05) is 39.8 Å². The van der Waals surface area contributed by atoms with Crippen LogP contribution in [0.1, 0.15) is 86.2 Å². The zero-order chi connectivity index (χ0) is 31.9. The van der Waals surface area contributed by atoms with Crippen molar-refractivity contribution in [2.45, 2.75) is 75.7 Å². The second kappa shape index (κ2) is 15.2. The summed E-state index contributed by atoms with van der Waals surface area (Å²) in [5, 5.41) is 1.11. The minimum atomic E-state index is -0.272. The van der Waals surface area contributed by atoms with E-state index in [4.69, 9.17) is 23.2 Å². The Morgan fingerprint density at radius 3 is 2.18 bits per heavy atom. The molecule has 7 heteroatoms. The number of halogens is 2. The average Bonchev–Trinajstić information content (AvgIpc) is 3.09. The summed E-state index contributed by atoms with van der Waals surface area (Å²) < 4.78 is 0. The number of nitrogens with zero attached hydrogens (tertiary/aromatic N) is 3. The first-order valence-corrected chi connectivity index (χ1v) is 17.4. The van der Waals surface area contributed by atoms with Crippen LogP contribution in [0, 0.1) is 0 Å². The number of rotatable bonds is 11. The molecule has 0 saturated carbocycles. The number of amides is 2. The zero-order valence-corrected chi connectivity index (χ0v) is 28.3. The van der Waals surface area contributed by atoms with Crippen LogP contribution in [0.4, 0.5) is 0 Å². The molecule has 0 aromatic heterocycles. The van der Waals surface area contributed by atoms with Crippen LogP contribution in [-0.4, -0.2) is 66.3 Å². The lowest BCUT2D eigenvalue weighted by molar-refractivity contribution is -0.138. The Balaban J connectivity index is 1.29. The molecule has 0 aliphatic carbocycles. The van der Waals surface area contributed by atoms with Gasteiger partial charge in [0.15, 0.2) is 0 Å². The lowest BCUT2D eigenvalue weighted by Gasteiger charge is -2.48. The number of unbranched alkanes of at least 4 members (excludes halogenated alkanes) is 1. The number of benzene rings is 3. The third-order valence-corrected chi connectivity index (χ3v) is 11.0. The SMILES string of the molecule is CCCCC(=O)N(C)C1(c2ccccc2)CCN(CCCC2(c3ccc(Cl)c(Cl)c3)CCCN(C(=O)c3ccccc3)C2)CC1.